The van der Waals surface area contributed by atoms with E-state index >= 15 is 0 Å². The first kappa shape index (κ1) is 23.2. The highest BCUT2D eigenvalue weighted by Crippen LogP contribution is 2.32. The first-order valence-electron chi connectivity index (χ1n) is 11.9. The van der Waals surface area contributed by atoms with Crippen LogP contribution in [-0.4, -0.2) is 46.9 Å². The molecule has 1 fully saturated rings. The number of benzene rings is 2. The number of sulfone groups is 1. The van der Waals surface area contributed by atoms with Crippen LogP contribution in [0.15, 0.2) is 66.7 Å². The number of pyridine rings is 1. The number of amides is 1. The van der Waals surface area contributed by atoms with Gasteiger partial charge in [0.1, 0.15) is 11.3 Å². The molecule has 3 heterocycles. The fraction of sp³-hybridized carbons (Fsp3) is 0.296. The van der Waals surface area contributed by atoms with Crippen LogP contribution >= 0.6 is 0 Å². The van der Waals surface area contributed by atoms with Gasteiger partial charge in [0.2, 0.25) is 0 Å². The maximum Gasteiger partial charge on any atom is 0.272 e. The standard InChI is InChI=1S/C27H28N4O3S/c1-19-29-25-24(31(19)22-14-16-35(33,34)18-22)17-23(21-12-6-3-7-13-21)30-26(25)27(32)28-15-8-11-20-9-4-2-5-10-20/h2-7,9-10,12-13,17,22H,8,11,14-16,18H2,1H3,(H,28,32). The molecule has 0 spiro atoms. The second-order valence-corrected chi connectivity index (χ2v) is 11.2. The van der Waals surface area contributed by atoms with Gasteiger partial charge in [-0.05, 0) is 37.8 Å². The molecule has 180 valence electrons. The fourth-order valence-corrected chi connectivity index (χ4v) is 6.49. The quantitative estimate of drug-likeness (QED) is 0.395. The molecule has 35 heavy (non-hydrogen) atoms. The third kappa shape index (κ3) is 4.98. The summed E-state index contributed by atoms with van der Waals surface area (Å²) >= 11 is 0. The lowest BCUT2D eigenvalue weighted by Gasteiger charge is -2.15. The van der Waals surface area contributed by atoms with Gasteiger partial charge in [-0.1, -0.05) is 60.7 Å². The Kier molecular flexibility index (Phi) is 6.38. The molecule has 1 aliphatic heterocycles. The summed E-state index contributed by atoms with van der Waals surface area (Å²) in [5.74, 6) is 0.669. The van der Waals surface area contributed by atoms with E-state index in [-0.39, 0.29) is 29.1 Å². The maximum absolute atomic E-state index is 13.3. The smallest absolute Gasteiger partial charge is 0.272 e. The molecular weight excluding hydrogens is 460 g/mol. The predicted molar refractivity (Wildman–Crippen MR) is 137 cm³/mol. The zero-order valence-electron chi connectivity index (χ0n) is 19.6. The van der Waals surface area contributed by atoms with E-state index < -0.39 is 9.84 Å². The SMILES string of the molecule is Cc1nc2c(C(=O)NCCCc3ccccc3)nc(-c3ccccc3)cc2n1C1CCS(=O)(=O)C1. The summed E-state index contributed by atoms with van der Waals surface area (Å²) in [6.07, 6.45) is 2.22. The molecule has 2 aromatic carbocycles. The van der Waals surface area contributed by atoms with Crippen molar-refractivity contribution in [3.8, 4) is 11.3 Å². The second kappa shape index (κ2) is 9.62. The first-order valence-corrected chi connectivity index (χ1v) is 13.7. The Labute approximate surface area is 205 Å². The molecule has 1 unspecified atom stereocenters. The van der Waals surface area contributed by atoms with Crippen LogP contribution in [-0.2, 0) is 16.3 Å². The topological polar surface area (TPSA) is 93.9 Å². The average Bonchev–Trinajstić information content (AvgIpc) is 3.39. The van der Waals surface area contributed by atoms with Crippen molar-refractivity contribution in [2.24, 2.45) is 0 Å². The summed E-state index contributed by atoms with van der Waals surface area (Å²) in [7, 11) is -3.08. The molecule has 1 N–H and O–H groups in total. The van der Waals surface area contributed by atoms with Crippen LogP contribution in [0.5, 0.6) is 0 Å². The summed E-state index contributed by atoms with van der Waals surface area (Å²) in [5.41, 5.74) is 4.30. The van der Waals surface area contributed by atoms with E-state index in [4.69, 9.17) is 4.98 Å². The van der Waals surface area contributed by atoms with Crippen molar-refractivity contribution in [2.45, 2.75) is 32.2 Å². The summed E-state index contributed by atoms with van der Waals surface area (Å²) in [6, 6.07) is 21.6. The highest BCUT2D eigenvalue weighted by Gasteiger charge is 2.32. The number of carbonyl (C=O) groups excluding carboxylic acids is 1. The lowest BCUT2D eigenvalue weighted by molar-refractivity contribution is 0.0950. The van der Waals surface area contributed by atoms with Crippen molar-refractivity contribution >= 4 is 26.8 Å². The van der Waals surface area contributed by atoms with E-state index in [1.54, 1.807) is 0 Å². The van der Waals surface area contributed by atoms with Crippen LogP contribution < -0.4 is 5.32 Å². The zero-order chi connectivity index (χ0) is 24.4. The van der Waals surface area contributed by atoms with Gasteiger partial charge in [0.25, 0.3) is 5.91 Å². The molecule has 1 aliphatic rings. The molecule has 7 nitrogen and oxygen atoms in total. The molecule has 5 rings (SSSR count). The monoisotopic (exact) mass is 488 g/mol. The molecular formula is C27H28N4O3S. The summed E-state index contributed by atoms with van der Waals surface area (Å²) < 4.78 is 26.3. The van der Waals surface area contributed by atoms with Crippen molar-refractivity contribution in [2.75, 3.05) is 18.1 Å². The zero-order valence-corrected chi connectivity index (χ0v) is 20.5. The molecule has 2 aromatic heterocycles. The molecule has 8 heteroatoms. The Balaban J connectivity index is 1.48. The fourth-order valence-electron chi connectivity index (χ4n) is 4.79. The van der Waals surface area contributed by atoms with E-state index in [0.29, 0.717) is 30.0 Å². The van der Waals surface area contributed by atoms with Gasteiger partial charge in [-0.25, -0.2) is 18.4 Å². The Bertz CT molecular complexity index is 1460. The van der Waals surface area contributed by atoms with Crippen molar-refractivity contribution in [3.63, 3.8) is 0 Å². The Morgan fingerprint density at radius 3 is 2.46 bits per heavy atom. The largest absolute Gasteiger partial charge is 0.351 e. The predicted octanol–water partition coefficient (Wildman–Crippen LogP) is 4.13. The van der Waals surface area contributed by atoms with Gasteiger partial charge in [-0.15, -0.1) is 0 Å². The van der Waals surface area contributed by atoms with Crippen molar-refractivity contribution in [1.29, 1.82) is 0 Å². The van der Waals surface area contributed by atoms with E-state index in [1.165, 1.54) is 5.56 Å². The van der Waals surface area contributed by atoms with Gasteiger partial charge in [0.05, 0.1) is 28.8 Å². The van der Waals surface area contributed by atoms with Crippen molar-refractivity contribution in [1.82, 2.24) is 19.9 Å². The Morgan fingerprint density at radius 1 is 1.06 bits per heavy atom. The second-order valence-electron chi connectivity index (χ2n) is 9.02. The Morgan fingerprint density at radius 2 is 1.77 bits per heavy atom. The normalized spacial score (nSPS) is 17.0. The van der Waals surface area contributed by atoms with Crippen LogP contribution in [0.25, 0.3) is 22.3 Å². The third-order valence-electron chi connectivity index (χ3n) is 6.48. The summed E-state index contributed by atoms with van der Waals surface area (Å²) in [5, 5.41) is 3.00. The lowest BCUT2D eigenvalue weighted by Crippen LogP contribution is -2.26. The minimum atomic E-state index is -3.08. The number of nitrogens with one attached hydrogen (secondary N) is 1. The Hall–Kier alpha value is -3.52. The van der Waals surface area contributed by atoms with Gasteiger partial charge in [0.15, 0.2) is 15.5 Å². The number of aromatic nitrogens is 3. The van der Waals surface area contributed by atoms with Gasteiger partial charge in [-0.2, -0.15) is 0 Å². The molecule has 0 saturated carbocycles. The van der Waals surface area contributed by atoms with Crippen LogP contribution in [0.4, 0.5) is 0 Å². The highest BCUT2D eigenvalue weighted by molar-refractivity contribution is 7.91. The van der Waals surface area contributed by atoms with Crippen LogP contribution in [0, 0.1) is 6.92 Å². The average molecular weight is 489 g/mol. The van der Waals surface area contributed by atoms with Crippen molar-refractivity contribution < 1.29 is 13.2 Å². The minimum absolute atomic E-state index is 0.0866. The minimum Gasteiger partial charge on any atom is -0.351 e. The van der Waals surface area contributed by atoms with Gasteiger partial charge < -0.3 is 9.88 Å². The number of hydrogen-bond acceptors (Lipinski definition) is 5. The number of aryl methyl sites for hydroxylation is 2. The number of rotatable bonds is 7. The summed E-state index contributed by atoms with van der Waals surface area (Å²) in [6.45, 7) is 2.38. The molecule has 0 radical (unpaired) electrons. The summed E-state index contributed by atoms with van der Waals surface area (Å²) in [4.78, 5) is 22.7. The van der Waals surface area contributed by atoms with Gasteiger partial charge >= 0.3 is 0 Å². The lowest BCUT2D eigenvalue weighted by atomic mass is 10.1. The van der Waals surface area contributed by atoms with E-state index in [1.807, 2.05) is 66.1 Å². The van der Waals surface area contributed by atoms with Crippen molar-refractivity contribution in [3.05, 3.63) is 83.8 Å². The first-order chi connectivity index (χ1) is 16.9. The van der Waals surface area contributed by atoms with Gasteiger partial charge in [-0.3, -0.25) is 4.79 Å². The van der Waals surface area contributed by atoms with Gasteiger partial charge in [0, 0.05) is 12.1 Å². The third-order valence-corrected chi connectivity index (χ3v) is 8.23. The van der Waals surface area contributed by atoms with E-state index in [9.17, 15) is 13.2 Å². The molecule has 0 bridgehead atoms. The van der Waals surface area contributed by atoms with Crippen LogP contribution in [0.3, 0.4) is 0 Å². The number of imidazole rings is 1. The molecule has 1 atom stereocenters. The van der Waals surface area contributed by atoms with Crippen LogP contribution in [0.2, 0.25) is 0 Å². The van der Waals surface area contributed by atoms with Crippen LogP contribution in [0.1, 0.15) is 40.8 Å². The molecule has 1 saturated heterocycles. The number of hydrogen-bond donors (Lipinski definition) is 1. The number of fused-ring (bicyclic) bond motifs is 1. The molecule has 1 amide bonds. The number of nitrogens with zero attached hydrogens (tertiary/aromatic N) is 3. The molecule has 0 aliphatic carbocycles. The van der Waals surface area contributed by atoms with E-state index in [0.717, 1.165) is 23.9 Å². The molecule has 4 aromatic rings. The highest BCUT2D eigenvalue weighted by atomic mass is 32.2. The van der Waals surface area contributed by atoms with E-state index in [2.05, 4.69) is 22.4 Å². The number of carbonyl (C=O) groups is 1. The maximum atomic E-state index is 13.3.